The van der Waals surface area contributed by atoms with Gasteiger partial charge in [0.15, 0.2) is 0 Å². The summed E-state index contributed by atoms with van der Waals surface area (Å²) in [4.78, 5) is 31.6. The molecule has 0 aliphatic rings. The van der Waals surface area contributed by atoms with E-state index >= 15 is 0 Å². The van der Waals surface area contributed by atoms with Crippen LogP contribution in [0.1, 0.15) is 20.7 Å². The van der Waals surface area contributed by atoms with E-state index in [1.165, 1.54) is 24.5 Å². The molecule has 7 nitrogen and oxygen atoms in total. The van der Waals surface area contributed by atoms with Crippen molar-refractivity contribution < 1.29 is 14.3 Å². The Bertz CT molecular complexity index is 587. The summed E-state index contributed by atoms with van der Waals surface area (Å²) in [5.74, 6) is -0.282. The number of nitrogens with one attached hydrogen (secondary N) is 2. The maximum absolute atomic E-state index is 11.8. The van der Waals surface area contributed by atoms with Gasteiger partial charge in [0, 0.05) is 26.5 Å². The third-order valence-corrected chi connectivity index (χ3v) is 2.70. The van der Waals surface area contributed by atoms with Crippen LogP contribution in [0, 0.1) is 0 Å². The highest BCUT2D eigenvalue weighted by Crippen LogP contribution is 2.09. The molecular weight excluding hydrogens is 308 g/mol. The molecule has 0 unspecified atom stereocenters. The van der Waals surface area contributed by atoms with Gasteiger partial charge >= 0.3 is 11.9 Å². The van der Waals surface area contributed by atoms with Crippen LogP contribution >= 0.6 is 12.4 Å². The van der Waals surface area contributed by atoms with Gasteiger partial charge in [0.25, 0.3) is 0 Å². The molecule has 2 rings (SSSR count). The molecule has 116 valence electrons. The number of halogens is 1. The summed E-state index contributed by atoms with van der Waals surface area (Å²) in [5, 5.41) is 5.65. The zero-order chi connectivity index (χ0) is 15.2. The number of esters is 2. The Morgan fingerprint density at radius 3 is 1.55 bits per heavy atom. The number of rotatable bonds is 4. The Morgan fingerprint density at radius 1 is 0.864 bits per heavy atom. The van der Waals surface area contributed by atoms with Crippen LogP contribution in [0.4, 0.5) is 11.6 Å². The van der Waals surface area contributed by atoms with Crippen molar-refractivity contribution in [3.63, 3.8) is 0 Å². The van der Waals surface area contributed by atoms with Gasteiger partial charge in [-0.2, -0.15) is 0 Å². The maximum Gasteiger partial charge on any atom is 0.347 e. The molecule has 0 spiro atoms. The van der Waals surface area contributed by atoms with Gasteiger partial charge < -0.3 is 15.4 Å². The smallest absolute Gasteiger partial charge is 0.347 e. The molecule has 2 aromatic rings. The molecule has 2 heterocycles. The van der Waals surface area contributed by atoms with E-state index in [0.717, 1.165) is 0 Å². The zero-order valence-corrected chi connectivity index (χ0v) is 12.8. The van der Waals surface area contributed by atoms with E-state index in [9.17, 15) is 9.59 Å². The summed E-state index contributed by atoms with van der Waals surface area (Å²) in [5.41, 5.74) is 0.393. The summed E-state index contributed by atoms with van der Waals surface area (Å²) < 4.78 is 4.77. The van der Waals surface area contributed by atoms with Crippen molar-refractivity contribution in [2.45, 2.75) is 0 Å². The Morgan fingerprint density at radius 2 is 1.27 bits per heavy atom. The number of anilines is 2. The molecule has 22 heavy (non-hydrogen) atoms. The largest absolute Gasteiger partial charge is 0.386 e. The molecule has 0 saturated carbocycles. The van der Waals surface area contributed by atoms with E-state index in [2.05, 4.69) is 20.6 Å². The fourth-order valence-electron chi connectivity index (χ4n) is 1.53. The van der Waals surface area contributed by atoms with Crippen molar-refractivity contribution >= 4 is 36.0 Å². The highest BCUT2D eigenvalue weighted by molar-refractivity contribution is 6.02. The van der Waals surface area contributed by atoms with Crippen molar-refractivity contribution in [1.82, 2.24) is 9.97 Å². The van der Waals surface area contributed by atoms with Crippen LogP contribution in [0.2, 0.25) is 0 Å². The number of aromatic nitrogens is 2. The zero-order valence-electron chi connectivity index (χ0n) is 12.0. The lowest BCUT2D eigenvalue weighted by Crippen LogP contribution is -2.13. The normalized spacial score (nSPS) is 9.36. The SMILES string of the molecule is CNc1ccc(C(=O)OC(=O)c2ccc(NC)nc2)cn1.Cl. The molecule has 8 heteroatoms. The van der Waals surface area contributed by atoms with Crippen LogP contribution in [0.15, 0.2) is 36.7 Å². The number of pyridine rings is 2. The van der Waals surface area contributed by atoms with Crippen LogP contribution in [-0.4, -0.2) is 36.0 Å². The predicted molar refractivity (Wildman–Crippen MR) is 84.6 cm³/mol. The second-order valence-corrected chi connectivity index (χ2v) is 4.04. The fraction of sp³-hybridized carbons (Fsp3) is 0.143. The quantitative estimate of drug-likeness (QED) is 0.656. The molecule has 0 aliphatic carbocycles. The predicted octanol–water partition coefficient (Wildman–Crippen LogP) is 1.98. The lowest BCUT2D eigenvalue weighted by molar-refractivity contribution is 0.0397. The highest BCUT2D eigenvalue weighted by atomic mass is 35.5. The minimum absolute atomic E-state index is 0. The van der Waals surface area contributed by atoms with Crippen LogP contribution in [0.25, 0.3) is 0 Å². The maximum atomic E-state index is 11.8. The Kier molecular flexibility index (Phi) is 6.27. The molecule has 0 atom stereocenters. The third kappa shape index (κ3) is 4.16. The van der Waals surface area contributed by atoms with E-state index in [4.69, 9.17) is 4.74 Å². The number of hydrogen-bond donors (Lipinski definition) is 2. The van der Waals surface area contributed by atoms with Crippen molar-refractivity contribution in [2.75, 3.05) is 24.7 Å². The Labute approximate surface area is 133 Å². The molecule has 0 fully saturated rings. The number of nitrogens with zero attached hydrogens (tertiary/aromatic N) is 2. The second-order valence-electron chi connectivity index (χ2n) is 4.04. The molecule has 0 radical (unpaired) electrons. The van der Waals surface area contributed by atoms with Gasteiger partial charge in [-0.3, -0.25) is 0 Å². The summed E-state index contributed by atoms with van der Waals surface area (Å²) in [7, 11) is 3.43. The van der Waals surface area contributed by atoms with Crippen molar-refractivity contribution in [1.29, 1.82) is 0 Å². The monoisotopic (exact) mass is 322 g/mol. The number of carbonyl (C=O) groups excluding carboxylic acids is 2. The van der Waals surface area contributed by atoms with E-state index in [-0.39, 0.29) is 23.5 Å². The summed E-state index contributed by atoms with van der Waals surface area (Å²) >= 11 is 0. The summed E-state index contributed by atoms with van der Waals surface area (Å²) in [6.07, 6.45) is 2.67. The minimum atomic E-state index is -0.757. The minimum Gasteiger partial charge on any atom is -0.386 e. The fourth-order valence-corrected chi connectivity index (χ4v) is 1.53. The van der Waals surface area contributed by atoms with Gasteiger partial charge in [0.05, 0.1) is 11.1 Å². The Balaban J connectivity index is 0.00000242. The van der Waals surface area contributed by atoms with Gasteiger partial charge in [0.1, 0.15) is 11.6 Å². The first kappa shape index (κ1) is 17.4. The van der Waals surface area contributed by atoms with E-state index < -0.39 is 11.9 Å². The first-order valence-corrected chi connectivity index (χ1v) is 6.18. The molecule has 0 saturated heterocycles. The molecule has 0 bridgehead atoms. The number of hydrogen-bond acceptors (Lipinski definition) is 7. The number of carbonyl (C=O) groups is 2. The molecule has 0 aliphatic heterocycles. The van der Waals surface area contributed by atoms with Crippen LogP contribution < -0.4 is 10.6 Å². The van der Waals surface area contributed by atoms with Crippen LogP contribution in [0.5, 0.6) is 0 Å². The second kappa shape index (κ2) is 7.94. The van der Waals surface area contributed by atoms with Crippen LogP contribution in [-0.2, 0) is 4.74 Å². The first-order chi connectivity index (χ1) is 10.1. The van der Waals surface area contributed by atoms with Gasteiger partial charge in [-0.15, -0.1) is 12.4 Å². The molecule has 0 amide bonds. The van der Waals surface area contributed by atoms with Gasteiger partial charge in [0.2, 0.25) is 0 Å². The van der Waals surface area contributed by atoms with Crippen LogP contribution in [0.3, 0.4) is 0 Å². The standard InChI is InChI=1S/C14H14N4O3.ClH/c1-15-11-5-3-9(7-17-11)13(19)21-14(20)10-4-6-12(16-2)18-8-10;/h3-8H,1-2H3,(H,15,17)(H,16,18);1H. The molecule has 2 N–H and O–H groups in total. The topological polar surface area (TPSA) is 93.2 Å². The van der Waals surface area contributed by atoms with Crippen molar-refractivity contribution in [3.8, 4) is 0 Å². The first-order valence-electron chi connectivity index (χ1n) is 6.18. The molecule has 0 aromatic carbocycles. The van der Waals surface area contributed by atoms with Crippen molar-refractivity contribution in [2.24, 2.45) is 0 Å². The van der Waals surface area contributed by atoms with E-state index in [1.54, 1.807) is 26.2 Å². The Hall–Kier alpha value is -2.67. The third-order valence-electron chi connectivity index (χ3n) is 2.70. The molecule has 2 aromatic heterocycles. The highest BCUT2D eigenvalue weighted by Gasteiger charge is 2.15. The van der Waals surface area contributed by atoms with E-state index in [1.807, 2.05) is 0 Å². The van der Waals surface area contributed by atoms with Crippen molar-refractivity contribution in [3.05, 3.63) is 47.8 Å². The lowest BCUT2D eigenvalue weighted by atomic mass is 10.2. The summed E-state index contributed by atoms with van der Waals surface area (Å²) in [6.45, 7) is 0. The average Bonchev–Trinajstić information content (AvgIpc) is 2.55. The molecular formula is C14H15ClN4O3. The summed E-state index contributed by atoms with van der Waals surface area (Å²) in [6, 6.07) is 6.28. The van der Waals surface area contributed by atoms with Gasteiger partial charge in [-0.1, -0.05) is 0 Å². The van der Waals surface area contributed by atoms with E-state index in [0.29, 0.717) is 11.6 Å². The lowest BCUT2D eigenvalue weighted by Gasteiger charge is -2.04. The average molecular weight is 323 g/mol. The number of ether oxygens (including phenoxy) is 1. The van der Waals surface area contributed by atoms with Gasteiger partial charge in [-0.25, -0.2) is 19.6 Å². The van der Waals surface area contributed by atoms with Gasteiger partial charge in [-0.05, 0) is 24.3 Å².